The highest BCUT2D eigenvalue weighted by molar-refractivity contribution is 7.91. The lowest BCUT2D eigenvalue weighted by molar-refractivity contribution is 0.517. The van der Waals surface area contributed by atoms with Crippen molar-refractivity contribution in [1.29, 1.82) is 0 Å². The number of hydrogen-bond donors (Lipinski definition) is 2. The van der Waals surface area contributed by atoms with Crippen molar-refractivity contribution >= 4 is 19.9 Å². The Morgan fingerprint density at radius 1 is 1.40 bits per heavy atom. The zero-order valence-electron chi connectivity index (χ0n) is 8.35. The lowest BCUT2D eigenvalue weighted by atomic mass is 10.2. The first-order valence-corrected chi connectivity index (χ1v) is 8.22. The molecule has 1 rings (SSSR count). The summed E-state index contributed by atoms with van der Waals surface area (Å²) in [6, 6.07) is -0.486. The van der Waals surface area contributed by atoms with E-state index in [9.17, 15) is 16.8 Å². The molecule has 1 fully saturated rings. The smallest absolute Gasteiger partial charge is 0.213 e. The van der Waals surface area contributed by atoms with Crippen molar-refractivity contribution in [2.45, 2.75) is 18.9 Å². The molecule has 8 heteroatoms. The Labute approximate surface area is 90.2 Å². The molecule has 0 saturated carbocycles. The van der Waals surface area contributed by atoms with Gasteiger partial charge in [-0.2, -0.15) is 0 Å². The van der Waals surface area contributed by atoms with Gasteiger partial charge in [0.2, 0.25) is 10.0 Å². The van der Waals surface area contributed by atoms with Crippen LogP contribution in [0.5, 0.6) is 0 Å². The molecule has 1 unspecified atom stereocenters. The minimum absolute atomic E-state index is 0.0365. The van der Waals surface area contributed by atoms with Gasteiger partial charge >= 0.3 is 0 Å². The van der Waals surface area contributed by atoms with Crippen LogP contribution in [0.2, 0.25) is 0 Å². The van der Waals surface area contributed by atoms with Gasteiger partial charge < -0.3 is 5.73 Å². The maximum absolute atomic E-state index is 11.3. The van der Waals surface area contributed by atoms with E-state index in [1.54, 1.807) is 0 Å². The molecule has 0 bridgehead atoms. The molecule has 6 nitrogen and oxygen atoms in total. The number of hydrogen-bond acceptors (Lipinski definition) is 5. The Hall–Kier alpha value is -0.180. The Balaban J connectivity index is 2.60. The minimum Gasteiger partial charge on any atom is -0.329 e. The standard InChI is InChI=1S/C7H16N2O4S2/c8-3-5-15(12,13)9-7-2-1-4-14(10,11)6-7/h7,9H,1-6,8H2. The highest BCUT2D eigenvalue weighted by atomic mass is 32.2. The van der Waals surface area contributed by atoms with Crippen LogP contribution in [0, 0.1) is 0 Å². The Bertz CT molecular complexity index is 401. The summed E-state index contributed by atoms with van der Waals surface area (Å²) < 4.78 is 47.5. The van der Waals surface area contributed by atoms with Crippen molar-refractivity contribution in [3.8, 4) is 0 Å². The summed E-state index contributed by atoms with van der Waals surface area (Å²) >= 11 is 0. The van der Waals surface area contributed by atoms with E-state index in [2.05, 4.69) is 4.72 Å². The third kappa shape index (κ3) is 4.45. The molecule has 0 amide bonds. The first kappa shape index (κ1) is 12.9. The lowest BCUT2D eigenvalue weighted by Gasteiger charge is -2.22. The van der Waals surface area contributed by atoms with Crippen LogP contribution in [0.3, 0.4) is 0 Å². The largest absolute Gasteiger partial charge is 0.329 e. The van der Waals surface area contributed by atoms with Gasteiger partial charge in [0.1, 0.15) is 0 Å². The molecule has 1 aliphatic heterocycles. The van der Waals surface area contributed by atoms with Gasteiger partial charge in [-0.15, -0.1) is 0 Å². The van der Waals surface area contributed by atoms with Crippen molar-refractivity contribution in [2.24, 2.45) is 5.73 Å². The molecule has 1 aliphatic rings. The summed E-state index contributed by atoms with van der Waals surface area (Å²) in [7, 11) is -6.50. The number of rotatable bonds is 4. The summed E-state index contributed by atoms with van der Waals surface area (Å²) in [5, 5.41) is 0. The van der Waals surface area contributed by atoms with Gasteiger partial charge in [0, 0.05) is 12.6 Å². The molecule has 0 aromatic carbocycles. The molecule has 1 saturated heterocycles. The normalized spacial score (nSPS) is 26.3. The van der Waals surface area contributed by atoms with Gasteiger partial charge in [-0.25, -0.2) is 21.6 Å². The van der Waals surface area contributed by atoms with Gasteiger partial charge in [0.25, 0.3) is 0 Å². The summed E-state index contributed by atoms with van der Waals surface area (Å²) in [5.41, 5.74) is 5.14. The van der Waals surface area contributed by atoms with Gasteiger partial charge in [0.05, 0.1) is 17.3 Å². The first-order chi connectivity index (χ1) is 6.85. The third-order valence-corrected chi connectivity index (χ3v) is 5.48. The van der Waals surface area contributed by atoms with Crippen molar-refractivity contribution in [3.63, 3.8) is 0 Å². The van der Waals surface area contributed by atoms with Crippen LogP contribution in [0.1, 0.15) is 12.8 Å². The maximum Gasteiger partial charge on any atom is 0.213 e. The lowest BCUT2D eigenvalue weighted by Crippen LogP contribution is -2.44. The Morgan fingerprint density at radius 2 is 2.07 bits per heavy atom. The Kier molecular flexibility index (Phi) is 4.10. The molecule has 0 aromatic heterocycles. The fraction of sp³-hybridized carbons (Fsp3) is 1.00. The van der Waals surface area contributed by atoms with Gasteiger partial charge in [-0.3, -0.25) is 0 Å². The molecule has 1 atom stereocenters. The average Bonchev–Trinajstić information content (AvgIpc) is 1.99. The van der Waals surface area contributed by atoms with E-state index in [0.29, 0.717) is 12.8 Å². The van der Waals surface area contributed by atoms with Crippen molar-refractivity contribution in [3.05, 3.63) is 0 Å². The highest BCUT2D eigenvalue weighted by Crippen LogP contribution is 2.12. The monoisotopic (exact) mass is 256 g/mol. The van der Waals surface area contributed by atoms with Gasteiger partial charge in [-0.05, 0) is 12.8 Å². The summed E-state index contributed by atoms with van der Waals surface area (Å²) in [4.78, 5) is 0. The van der Waals surface area contributed by atoms with Gasteiger partial charge in [-0.1, -0.05) is 0 Å². The van der Waals surface area contributed by atoms with E-state index in [4.69, 9.17) is 5.73 Å². The second-order valence-electron chi connectivity index (χ2n) is 3.68. The maximum atomic E-state index is 11.3. The van der Waals surface area contributed by atoms with Gasteiger partial charge in [0.15, 0.2) is 9.84 Å². The molecule has 3 N–H and O–H groups in total. The van der Waals surface area contributed by atoms with Crippen molar-refractivity contribution in [1.82, 2.24) is 4.72 Å². The first-order valence-electron chi connectivity index (χ1n) is 4.75. The number of sulfone groups is 1. The van der Waals surface area contributed by atoms with Crippen molar-refractivity contribution < 1.29 is 16.8 Å². The topological polar surface area (TPSA) is 106 Å². The SMILES string of the molecule is NCCS(=O)(=O)NC1CCCS(=O)(=O)C1. The summed E-state index contributed by atoms with van der Waals surface area (Å²) in [5.74, 6) is -0.109. The Morgan fingerprint density at radius 3 is 2.60 bits per heavy atom. The molecule has 0 radical (unpaired) electrons. The van der Waals surface area contributed by atoms with Crippen LogP contribution < -0.4 is 10.5 Å². The minimum atomic E-state index is -3.42. The van der Waals surface area contributed by atoms with E-state index < -0.39 is 25.9 Å². The molecule has 90 valence electrons. The second kappa shape index (κ2) is 4.77. The second-order valence-corrected chi connectivity index (χ2v) is 7.78. The van der Waals surface area contributed by atoms with Crippen LogP contribution in [-0.4, -0.2) is 46.7 Å². The van der Waals surface area contributed by atoms with E-state index in [0.717, 1.165) is 0 Å². The zero-order valence-corrected chi connectivity index (χ0v) is 9.98. The third-order valence-electron chi connectivity index (χ3n) is 2.20. The summed E-state index contributed by atoms with van der Waals surface area (Å²) in [6.45, 7) is 0.0365. The fourth-order valence-corrected chi connectivity index (χ4v) is 4.46. The van der Waals surface area contributed by atoms with Crippen LogP contribution in [0.25, 0.3) is 0 Å². The number of nitrogens with one attached hydrogen (secondary N) is 1. The predicted octanol–water partition coefficient (Wildman–Crippen LogP) is -1.56. The van der Waals surface area contributed by atoms with E-state index in [-0.39, 0.29) is 23.8 Å². The number of nitrogens with two attached hydrogens (primary N) is 1. The van der Waals surface area contributed by atoms with Crippen LogP contribution in [-0.2, 0) is 19.9 Å². The van der Waals surface area contributed by atoms with E-state index in [1.165, 1.54) is 0 Å². The zero-order chi connectivity index (χ0) is 11.5. The van der Waals surface area contributed by atoms with E-state index >= 15 is 0 Å². The molecule has 1 heterocycles. The predicted molar refractivity (Wildman–Crippen MR) is 57.7 cm³/mol. The average molecular weight is 256 g/mol. The summed E-state index contributed by atoms with van der Waals surface area (Å²) in [6.07, 6.45) is 1.08. The molecule has 0 aliphatic carbocycles. The molecular weight excluding hydrogens is 240 g/mol. The van der Waals surface area contributed by atoms with Crippen LogP contribution >= 0.6 is 0 Å². The number of sulfonamides is 1. The molecule has 0 aromatic rings. The fourth-order valence-electron chi connectivity index (χ4n) is 1.58. The molecule has 15 heavy (non-hydrogen) atoms. The van der Waals surface area contributed by atoms with E-state index in [1.807, 2.05) is 0 Å². The quantitative estimate of drug-likeness (QED) is 0.633. The molecular formula is C7H16N2O4S2. The van der Waals surface area contributed by atoms with Crippen LogP contribution in [0.4, 0.5) is 0 Å². The van der Waals surface area contributed by atoms with Crippen molar-refractivity contribution in [2.75, 3.05) is 23.8 Å². The highest BCUT2D eigenvalue weighted by Gasteiger charge is 2.27. The van der Waals surface area contributed by atoms with Crippen LogP contribution in [0.15, 0.2) is 0 Å². The molecule has 0 spiro atoms.